The van der Waals surface area contributed by atoms with E-state index in [1.54, 1.807) is 19.1 Å². The van der Waals surface area contributed by atoms with Crippen molar-refractivity contribution in [2.45, 2.75) is 31.6 Å². The third-order valence-electron chi connectivity index (χ3n) is 3.51. The van der Waals surface area contributed by atoms with Crippen molar-refractivity contribution >= 4 is 52.4 Å². The number of benzene rings is 1. The van der Waals surface area contributed by atoms with E-state index < -0.39 is 57.6 Å². The number of aryl methyl sites for hydroxylation is 1. The average molecular weight is 554 g/mol. The first-order chi connectivity index (χ1) is 14.5. The molecule has 1 heterocycles. The minimum atomic E-state index is -5.35. The second-order valence-corrected chi connectivity index (χ2v) is 13.3. The zero-order valence-electron chi connectivity index (χ0n) is 16.1. The van der Waals surface area contributed by atoms with Gasteiger partial charge in [0, 0.05) is 6.00 Å². The van der Waals surface area contributed by atoms with Gasteiger partial charge in [-0.25, -0.2) is 21.9 Å². The lowest BCUT2D eigenvalue weighted by Gasteiger charge is -2.22. The van der Waals surface area contributed by atoms with Crippen molar-refractivity contribution in [3.8, 4) is 5.75 Å². The molecule has 1 fully saturated rings. The molecule has 14 nitrogen and oxygen atoms in total. The van der Waals surface area contributed by atoms with E-state index in [0.29, 0.717) is 0 Å². The molecule has 1 aromatic rings. The van der Waals surface area contributed by atoms with Gasteiger partial charge in [0.1, 0.15) is 25.8 Å². The summed E-state index contributed by atoms with van der Waals surface area (Å²) in [7, 11) is -9.59. The van der Waals surface area contributed by atoms with Gasteiger partial charge in [-0.2, -0.15) is 8.42 Å². The Labute approximate surface area is 189 Å². The quantitative estimate of drug-likeness (QED) is 0.220. The van der Waals surface area contributed by atoms with Crippen LogP contribution in [-0.2, 0) is 53.4 Å². The molecule has 1 saturated heterocycles. The van der Waals surface area contributed by atoms with Crippen LogP contribution in [0.3, 0.4) is 0 Å². The van der Waals surface area contributed by atoms with Gasteiger partial charge in [0.2, 0.25) is 0 Å². The number of phosphoric ester groups is 1. The van der Waals surface area contributed by atoms with Crippen molar-refractivity contribution in [3.05, 3.63) is 29.8 Å². The number of hydrogen-bond acceptors (Lipinski definition) is 11. The van der Waals surface area contributed by atoms with Crippen molar-refractivity contribution < 1.29 is 63.4 Å². The van der Waals surface area contributed by atoms with Crippen LogP contribution in [0.4, 0.5) is 0 Å². The maximum Gasteiger partial charge on any atom is 0.479 e. The van der Waals surface area contributed by atoms with Gasteiger partial charge in [-0.3, -0.25) is 4.52 Å². The topological polar surface area (TPSA) is 205 Å². The van der Waals surface area contributed by atoms with Gasteiger partial charge in [0.25, 0.3) is 0 Å². The summed E-state index contributed by atoms with van der Waals surface area (Å²) in [4.78, 5) is 36.4. The van der Waals surface area contributed by atoms with Crippen LogP contribution in [0.1, 0.15) is 12.0 Å². The normalized spacial score (nSPS) is 25.7. The number of ether oxygens (including phenoxy) is 1. The first-order valence-electron chi connectivity index (χ1n) is 8.34. The van der Waals surface area contributed by atoms with Gasteiger partial charge in [-0.1, -0.05) is 17.7 Å². The Morgan fingerprint density at radius 1 is 1.16 bits per heavy atom. The average Bonchev–Trinajstić information content (AvgIpc) is 2.90. The molecule has 1 aliphatic rings. The molecule has 4 N–H and O–H groups in total. The van der Waals surface area contributed by atoms with Crippen molar-refractivity contribution in [2.75, 3.05) is 6.61 Å². The second-order valence-electron chi connectivity index (χ2n) is 6.27. The van der Waals surface area contributed by atoms with E-state index in [9.17, 15) is 27.3 Å². The third-order valence-corrected chi connectivity index (χ3v) is 9.39. The minimum absolute atomic E-state index is 0.0290. The molecule has 32 heavy (non-hydrogen) atoms. The van der Waals surface area contributed by atoms with Crippen LogP contribution in [0, 0.1) is 6.92 Å². The molecule has 5 unspecified atom stereocenters. The van der Waals surface area contributed by atoms with Crippen LogP contribution < -0.4 is 4.18 Å². The molecule has 20 heteroatoms. The molecule has 0 amide bonds. The van der Waals surface area contributed by atoms with Crippen LogP contribution in [0.2, 0.25) is 0 Å². The van der Waals surface area contributed by atoms with Gasteiger partial charge < -0.3 is 28.5 Å². The fourth-order valence-electron chi connectivity index (χ4n) is 2.35. The molecule has 0 aliphatic carbocycles. The summed E-state index contributed by atoms with van der Waals surface area (Å²) in [5, 5.41) is 0. The summed E-state index contributed by atoms with van der Waals surface area (Å²) in [6.45, 7) is -3.95. The van der Waals surface area contributed by atoms with E-state index in [-0.39, 0.29) is 12.2 Å². The van der Waals surface area contributed by atoms with Gasteiger partial charge in [-0.05, 0) is 37.3 Å². The predicted molar refractivity (Wildman–Crippen MR) is 111 cm³/mol. The smallest absolute Gasteiger partial charge is 0.379 e. The Balaban J connectivity index is 1.99. The molecule has 0 spiro atoms. The lowest BCUT2D eigenvalue weighted by molar-refractivity contribution is 0.00299. The standard InChI is InChI=1S/C12H18BO14P3S2/c1-8-2-4-9(5-3-8)24-32(20,21)25-10-6-12(13)23-11(10)7-22-29(17,18)27-30(19,31)26-28(14,15)16/h2-5,10-12H,6-7H2,1H3,(H,17,18)(H,19,31)(H2,14,15,16). The summed E-state index contributed by atoms with van der Waals surface area (Å²) in [5.74, 6) is -0.0290. The summed E-state index contributed by atoms with van der Waals surface area (Å²) in [6, 6.07) is 4.98. The molecule has 2 radical (unpaired) electrons. The van der Waals surface area contributed by atoms with E-state index in [2.05, 4.69) is 25.0 Å². The number of rotatable bonds is 11. The van der Waals surface area contributed by atoms with E-state index in [4.69, 9.17) is 30.7 Å². The molecule has 2 rings (SSSR count). The molecule has 5 atom stereocenters. The molecular weight excluding hydrogens is 536 g/mol. The van der Waals surface area contributed by atoms with Crippen LogP contribution in [0.5, 0.6) is 5.75 Å². The Bertz CT molecular complexity index is 1040. The van der Waals surface area contributed by atoms with Crippen molar-refractivity contribution in [3.63, 3.8) is 0 Å². The number of hydrogen-bond donors (Lipinski definition) is 4. The van der Waals surface area contributed by atoms with Gasteiger partial charge >= 0.3 is 32.8 Å². The molecule has 0 aromatic heterocycles. The zero-order valence-corrected chi connectivity index (χ0v) is 20.4. The maximum atomic E-state index is 12.2. The highest BCUT2D eigenvalue weighted by atomic mass is 32.5. The Morgan fingerprint density at radius 2 is 1.75 bits per heavy atom. The summed E-state index contributed by atoms with van der Waals surface area (Å²) in [6.07, 6.45) is -2.78. The molecule has 1 aliphatic heterocycles. The Kier molecular flexibility index (Phi) is 9.27. The third kappa shape index (κ3) is 9.96. The SMILES string of the molecule is [B]C1CC(OS(=O)(=O)Oc2ccc(C)cc2)C(COP(=O)(O)OP(O)(=S)OP(=O)(O)O)O1. The predicted octanol–water partition coefficient (Wildman–Crippen LogP) is 0.747. The summed E-state index contributed by atoms with van der Waals surface area (Å²) >= 11 is 4.22. The van der Waals surface area contributed by atoms with Crippen LogP contribution in [0.15, 0.2) is 24.3 Å². The lowest BCUT2D eigenvalue weighted by Crippen LogP contribution is -2.32. The Morgan fingerprint density at radius 3 is 2.31 bits per heavy atom. The largest absolute Gasteiger partial charge is 0.479 e. The highest BCUT2D eigenvalue weighted by Gasteiger charge is 2.41. The Hall–Kier alpha value is -0.215. The lowest BCUT2D eigenvalue weighted by atomic mass is 9.96. The zero-order chi connectivity index (χ0) is 24.4. The van der Waals surface area contributed by atoms with E-state index in [1.165, 1.54) is 12.1 Å². The van der Waals surface area contributed by atoms with Gasteiger partial charge in [0.15, 0.2) is 0 Å². The van der Waals surface area contributed by atoms with Gasteiger partial charge in [0.05, 0.1) is 6.61 Å². The first-order valence-corrected chi connectivity index (χ1v) is 15.3. The van der Waals surface area contributed by atoms with Crippen molar-refractivity contribution in [1.29, 1.82) is 0 Å². The fraction of sp³-hybridized carbons (Fsp3) is 0.500. The highest BCUT2D eigenvalue weighted by molar-refractivity contribution is 8.09. The highest BCUT2D eigenvalue weighted by Crippen LogP contribution is 2.66. The maximum absolute atomic E-state index is 12.2. The fourth-order valence-corrected chi connectivity index (χ4v) is 7.81. The minimum Gasteiger partial charge on any atom is -0.379 e. The molecule has 180 valence electrons. The van der Waals surface area contributed by atoms with E-state index >= 15 is 0 Å². The summed E-state index contributed by atoms with van der Waals surface area (Å²) in [5.41, 5.74) is 0.860. The first kappa shape index (κ1) is 28.0. The molecular formula is C12H18BO14P3S2. The molecule has 1 aromatic carbocycles. The van der Waals surface area contributed by atoms with Crippen molar-refractivity contribution in [1.82, 2.24) is 0 Å². The van der Waals surface area contributed by atoms with E-state index in [0.717, 1.165) is 5.56 Å². The van der Waals surface area contributed by atoms with Crippen LogP contribution >= 0.6 is 22.4 Å². The summed E-state index contributed by atoms with van der Waals surface area (Å²) < 4.78 is 74.3. The molecule has 0 saturated carbocycles. The van der Waals surface area contributed by atoms with Crippen LogP contribution in [-0.4, -0.2) is 60.7 Å². The second kappa shape index (κ2) is 10.6. The monoisotopic (exact) mass is 554 g/mol. The molecule has 0 bridgehead atoms. The number of phosphoric acid groups is 2. The van der Waals surface area contributed by atoms with Crippen LogP contribution in [0.25, 0.3) is 0 Å². The van der Waals surface area contributed by atoms with Crippen molar-refractivity contribution in [2.24, 2.45) is 0 Å². The van der Waals surface area contributed by atoms with Gasteiger partial charge in [-0.15, -0.1) is 0 Å². The van der Waals surface area contributed by atoms with E-state index in [1.807, 2.05) is 0 Å².